The number of hydrogen-bond acceptors (Lipinski definition) is 2. The van der Waals surface area contributed by atoms with Crippen molar-refractivity contribution in [2.24, 2.45) is 0 Å². The van der Waals surface area contributed by atoms with Gasteiger partial charge < -0.3 is 15.5 Å². The van der Waals surface area contributed by atoms with Gasteiger partial charge in [0.15, 0.2) is 0 Å². The highest BCUT2D eigenvalue weighted by Crippen LogP contribution is 2.10. The Kier molecular flexibility index (Phi) is 3.93. The van der Waals surface area contributed by atoms with Crippen LogP contribution in [0.3, 0.4) is 0 Å². The first-order chi connectivity index (χ1) is 8.25. The van der Waals surface area contributed by atoms with Crippen molar-refractivity contribution in [1.82, 2.24) is 10.2 Å². The van der Waals surface area contributed by atoms with Gasteiger partial charge in [-0.1, -0.05) is 6.07 Å². The summed E-state index contributed by atoms with van der Waals surface area (Å²) in [5, 5.41) is 5.92. The maximum Gasteiger partial charge on any atom is 0.321 e. The van der Waals surface area contributed by atoms with E-state index in [1.807, 2.05) is 0 Å². The van der Waals surface area contributed by atoms with E-state index in [-0.39, 0.29) is 11.8 Å². The molecule has 0 bridgehead atoms. The minimum atomic E-state index is -0.347. The number of urea groups is 1. The largest absolute Gasteiger partial charge is 0.323 e. The van der Waals surface area contributed by atoms with E-state index in [2.05, 4.69) is 10.6 Å². The van der Waals surface area contributed by atoms with E-state index in [4.69, 9.17) is 0 Å². The molecule has 0 radical (unpaired) electrons. The molecule has 2 N–H and O–H groups in total. The van der Waals surface area contributed by atoms with Gasteiger partial charge in [-0.3, -0.25) is 0 Å². The predicted molar refractivity (Wildman–Crippen MR) is 64.5 cm³/mol. The fourth-order valence-electron chi connectivity index (χ4n) is 1.82. The Morgan fingerprint density at radius 3 is 3.06 bits per heavy atom. The number of halogens is 1. The maximum atomic E-state index is 12.9. The Balaban J connectivity index is 1.95. The summed E-state index contributed by atoms with van der Waals surface area (Å²) in [7, 11) is 0. The molecule has 0 aliphatic carbocycles. The molecule has 2 rings (SSSR count). The van der Waals surface area contributed by atoms with Crippen molar-refractivity contribution in [2.75, 3.05) is 31.5 Å². The highest BCUT2D eigenvalue weighted by Gasteiger charge is 2.14. The number of hydrogen-bond donors (Lipinski definition) is 2. The van der Waals surface area contributed by atoms with Crippen LogP contribution in [-0.2, 0) is 0 Å². The molecule has 1 fully saturated rings. The molecule has 1 heterocycles. The van der Waals surface area contributed by atoms with E-state index < -0.39 is 0 Å². The second-order valence-corrected chi connectivity index (χ2v) is 4.03. The number of anilines is 1. The SMILES string of the molecule is O=C(Nc1cccc(F)c1)N1CCCNCC1. The first-order valence-corrected chi connectivity index (χ1v) is 5.78. The van der Waals surface area contributed by atoms with Gasteiger partial charge in [-0.05, 0) is 31.2 Å². The van der Waals surface area contributed by atoms with Gasteiger partial charge in [0.2, 0.25) is 0 Å². The quantitative estimate of drug-likeness (QED) is 0.780. The van der Waals surface area contributed by atoms with Crippen LogP contribution in [0.1, 0.15) is 6.42 Å². The van der Waals surface area contributed by atoms with Crippen LogP contribution in [0.4, 0.5) is 14.9 Å². The van der Waals surface area contributed by atoms with E-state index in [0.29, 0.717) is 12.2 Å². The number of amides is 2. The molecule has 5 heteroatoms. The standard InChI is InChI=1S/C12H16FN3O/c13-10-3-1-4-11(9-10)15-12(17)16-7-2-5-14-6-8-16/h1,3-4,9,14H,2,5-8H2,(H,15,17). The van der Waals surface area contributed by atoms with E-state index in [1.165, 1.54) is 12.1 Å². The topological polar surface area (TPSA) is 44.4 Å². The molecule has 92 valence electrons. The number of nitrogens with one attached hydrogen (secondary N) is 2. The molecule has 0 saturated carbocycles. The summed E-state index contributed by atoms with van der Waals surface area (Å²) < 4.78 is 12.9. The van der Waals surface area contributed by atoms with Crippen molar-refractivity contribution in [3.8, 4) is 0 Å². The Morgan fingerprint density at radius 1 is 1.35 bits per heavy atom. The van der Waals surface area contributed by atoms with E-state index in [1.54, 1.807) is 17.0 Å². The zero-order valence-corrected chi connectivity index (χ0v) is 9.58. The van der Waals surface area contributed by atoms with Crippen molar-refractivity contribution in [1.29, 1.82) is 0 Å². The van der Waals surface area contributed by atoms with Gasteiger partial charge in [-0.25, -0.2) is 9.18 Å². The lowest BCUT2D eigenvalue weighted by Gasteiger charge is -2.20. The van der Waals surface area contributed by atoms with Gasteiger partial charge in [0.1, 0.15) is 5.82 Å². The smallest absolute Gasteiger partial charge is 0.321 e. The average molecular weight is 237 g/mol. The molecule has 1 aromatic rings. The van der Waals surface area contributed by atoms with Crippen LogP contribution in [0, 0.1) is 5.82 Å². The molecular weight excluding hydrogens is 221 g/mol. The highest BCUT2D eigenvalue weighted by atomic mass is 19.1. The number of carbonyl (C=O) groups is 1. The predicted octanol–water partition coefficient (Wildman–Crippen LogP) is 1.65. The highest BCUT2D eigenvalue weighted by molar-refractivity contribution is 5.89. The lowest BCUT2D eigenvalue weighted by atomic mass is 10.3. The summed E-state index contributed by atoms with van der Waals surface area (Å²) in [6, 6.07) is 5.75. The first-order valence-electron chi connectivity index (χ1n) is 5.78. The number of carbonyl (C=O) groups excluding carboxylic acids is 1. The molecule has 0 unspecified atom stereocenters. The zero-order chi connectivity index (χ0) is 12.1. The van der Waals surface area contributed by atoms with Crippen LogP contribution in [0.5, 0.6) is 0 Å². The van der Waals surface area contributed by atoms with Gasteiger partial charge in [0, 0.05) is 25.3 Å². The summed E-state index contributed by atoms with van der Waals surface area (Å²) in [5.41, 5.74) is 0.493. The molecule has 1 saturated heterocycles. The molecule has 2 amide bonds. The van der Waals surface area contributed by atoms with E-state index >= 15 is 0 Å². The van der Waals surface area contributed by atoms with Crippen molar-refractivity contribution in [3.63, 3.8) is 0 Å². The molecule has 17 heavy (non-hydrogen) atoms. The van der Waals surface area contributed by atoms with Gasteiger partial charge in [-0.15, -0.1) is 0 Å². The molecule has 0 spiro atoms. The summed E-state index contributed by atoms with van der Waals surface area (Å²) in [6.07, 6.45) is 0.941. The van der Waals surface area contributed by atoms with Crippen LogP contribution in [0.15, 0.2) is 24.3 Å². The van der Waals surface area contributed by atoms with Crippen molar-refractivity contribution in [3.05, 3.63) is 30.1 Å². The second-order valence-electron chi connectivity index (χ2n) is 4.03. The lowest BCUT2D eigenvalue weighted by Crippen LogP contribution is -2.37. The van der Waals surface area contributed by atoms with Crippen LogP contribution >= 0.6 is 0 Å². The third kappa shape index (κ3) is 3.42. The summed E-state index contributed by atoms with van der Waals surface area (Å²) in [4.78, 5) is 13.6. The van der Waals surface area contributed by atoms with E-state index in [9.17, 15) is 9.18 Å². The Morgan fingerprint density at radius 2 is 2.24 bits per heavy atom. The van der Waals surface area contributed by atoms with Gasteiger partial charge in [-0.2, -0.15) is 0 Å². The normalized spacial score (nSPS) is 16.4. The van der Waals surface area contributed by atoms with Gasteiger partial charge in [0.05, 0.1) is 0 Å². The van der Waals surface area contributed by atoms with Crippen molar-refractivity contribution < 1.29 is 9.18 Å². The van der Waals surface area contributed by atoms with E-state index in [0.717, 1.165) is 26.1 Å². The molecule has 0 aromatic heterocycles. The van der Waals surface area contributed by atoms with Crippen LogP contribution < -0.4 is 10.6 Å². The number of benzene rings is 1. The number of nitrogens with zero attached hydrogens (tertiary/aromatic N) is 1. The Bertz CT molecular complexity index is 389. The summed E-state index contributed by atoms with van der Waals surface area (Å²) >= 11 is 0. The second kappa shape index (κ2) is 5.63. The first kappa shape index (κ1) is 11.9. The summed E-state index contributed by atoms with van der Waals surface area (Å²) in [5.74, 6) is -0.347. The number of rotatable bonds is 1. The average Bonchev–Trinajstić information content (AvgIpc) is 2.57. The third-order valence-corrected chi connectivity index (χ3v) is 2.70. The molecule has 1 aliphatic heterocycles. The third-order valence-electron chi connectivity index (χ3n) is 2.70. The maximum absolute atomic E-state index is 12.9. The fraction of sp³-hybridized carbons (Fsp3) is 0.417. The van der Waals surface area contributed by atoms with Crippen LogP contribution in [0.2, 0.25) is 0 Å². The molecular formula is C12H16FN3O. The Hall–Kier alpha value is -1.62. The molecule has 0 atom stereocenters. The lowest BCUT2D eigenvalue weighted by molar-refractivity contribution is 0.215. The minimum absolute atomic E-state index is 0.167. The minimum Gasteiger partial charge on any atom is -0.323 e. The Labute approximate surface area is 99.8 Å². The fourth-order valence-corrected chi connectivity index (χ4v) is 1.82. The monoisotopic (exact) mass is 237 g/mol. The van der Waals surface area contributed by atoms with Crippen molar-refractivity contribution >= 4 is 11.7 Å². The van der Waals surface area contributed by atoms with Crippen LogP contribution in [0.25, 0.3) is 0 Å². The zero-order valence-electron chi connectivity index (χ0n) is 9.58. The van der Waals surface area contributed by atoms with Gasteiger partial charge in [0.25, 0.3) is 0 Å². The van der Waals surface area contributed by atoms with Crippen molar-refractivity contribution in [2.45, 2.75) is 6.42 Å². The molecule has 4 nitrogen and oxygen atoms in total. The van der Waals surface area contributed by atoms with Gasteiger partial charge >= 0.3 is 6.03 Å². The van der Waals surface area contributed by atoms with Crippen LogP contribution in [-0.4, -0.2) is 37.1 Å². The summed E-state index contributed by atoms with van der Waals surface area (Å²) in [6.45, 7) is 3.15. The molecule has 1 aliphatic rings. The molecule has 1 aromatic carbocycles.